The maximum atomic E-state index is 13.5. The van der Waals surface area contributed by atoms with Gasteiger partial charge in [0.05, 0.1) is 6.61 Å². The Kier molecular flexibility index (Phi) is 4.40. The van der Waals surface area contributed by atoms with Crippen molar-refractivity contribution in [3.8, 4) is 5.75 Å². The lowest BCUT2D eigenvalue weighted by Crippen LogP contribution is -2.32. The van der Waals surface area contributed by atoms with E-state index in [1.165, 1.54) is 6.07 Å². The summed E-state index contributed by atoms with van der Waals surface area (Å²) in [4.78, 5) is 2.32. The molecule has 0 spiro atoms. The largest absolute Gasteiger partial charge is 0.490 e. The van der Waals surface area contributed by atoms with Gasteiger partial charge in [-0.25, -0.2) is 4.39 Å². The summed E-state index contributed by atoms with van der Waals surface area (Å²) in [5.74, 6) is 0.605. The molecule has 94 valence electrons. The molecule has 1 fully saturated rings. The van der Waals surface area contributed by atoms with Crippen molar-refractivity contribution < 1.29 is 9.13 Å². The van der Waals surface area contributed by atoms with Crippen molar-refractivity contribution in [1.82, 2.24) is 4.90 Å². The van der Waals surface area contributed by atoms with Crippen LogP contribution in [-0.2, 0) is 0 Å². The van der Waals surface area contributed by atoms with Gasteiger partial charge in [0.2, 0.25) is 0 Å². The summed E-state index contributed by atoms with van der Waals surface area (Å²) in [6, 6.07) is 4.91. The number of ether oxygens (including phenoxy) is 1. The molecule has 0 aromatic heterocycles. The fourth-order valence-corrected chi connectivity index (χ4v) is 2.36. The Balaban J connectivity index is 1.85. The van der Waals surface area contributed by atoms with Crippen LogP contribution in [0, 0.1) is 11.7 Å². The van der Waals surface area contributed by atoms with Crippen molar-refractivity contribution in [3.05, 3.63) is 28.5 Å². The van der Waals surface area contributed by atoms with Crippen molar-refractivity contribution in [3.63, 3.8) is 0 Å². The molecule has 2 rings (SSSR count). The lowest BCUT2D eigenvalue weighted by atomic mass is 9.98. The van der Waals surface area contributed by atoms with E-state index in [9.17, 15) is 4.39 Å². The number of rotatable bonds is 3. The molecule has 0 unspecified atom stereocenters. The predicted molar refractivity (Wildman–Crippen MR) is 69.8 cm³/mol. The highest BCUT2D eigenvalue weighted by atomic mass is 79.9. The third-order valence-corrected chi connectivity index (χ3v) is 3.70. The normalized spacial score (nSPS) is 18.3. The van der Waals surface area contributed by atoms with Crippen LogP contribution in [0.3, 0.4) is 0 Å². The fourth-order valence-electron chi connectivity index (χ4n) is 2.03. The number of piperidine rings is 1. The molecule has 1 saturated heterocycles. The number of likely N-dealkylation sites (tertiary alicyclic amines) is 1. The van der Waals surface area contributed by atoms with Crippen LogP contribution in [-0.4, -0.2) is 31.6 Å². The average Bonchev–Trinajstić information content (AvgIpc) is 2.30. The second-order valence-electron chi connectivity index (χ2n) is 4.63. The molecule has 0 radical (unpaired) electrons. The second kappa shape index (κ2) is 5.83. The van der Waals surface area contributed by atoms with Gasteiger partial charge in [-0.2, -0.15) is 0 Å². The van der Waals surface area contributed by atoms with Crippen molar-refractivity contribution in [2.45, 2.75) is 12.8 Å². The summed E-state index contributed by atoms with van der Waals surface area (Å²) in [7, 11) is 2.13. The summed E-state index contributed by atoms with van der Waals surface area (Å²) in [5, 5.41) is 0. The van der Waals surface area contributed by atoms with E-state index in [-0.39, 0.29) is 5.82 Å². The van der Waals surface area contributed by atoms with Crippen molar-refractivity contribution in [2.75, 3.05) is 26.7 Å². The smallest absolute Gasteiger partial charge is 0.166 e. The molecule has 0 amide bonds. The molecule has 1 heterocycles. The molecular weight excluding hydrogens is 285 g/mol. The quantitative estimate of drug-likeness (QED) is 0.849. The third kappa shape index (κ3) is 3.68. The Bertz CT molecular complexity index is 378. The molecule has 0 aliphatic carbocycles. The average molecular weight is 302 g/mol. The Morgan fingerprint density at radius 3 is 2.76 bits per heavy atom. The van der Waals surface area contributed by atoms with Gasteiger partial charge in [0.15, 0.2) is 11.6 Å². The molecule has 4 heteroatoms. The summed E-state index contributed by atoms with van der Waals surface area (Å²) in [5.41, 5.74) is 0. The first kappa shape index (κ1) is 12.8. The standard InChI is InChI=1S/C13H17BrFNO/c1-16-6-4-10(5-7-16)9-17-13-3-2-11(14)8-12(13)15/h2-3,8,10H,4-7,9H2,1H3. The van der Waals surface area contributed by atoms with Crippen LogP contribution in [0.15, 0.2) is 22.7 Å². The van der Waals surface area contributed by atoms with Crippen LogP contribution in [0.2, 0.25) is 0 Å². The number of benzene rings is 1. The zero-order chi connectivity index (χ0) is 12.3. The van der Waals surface area contributed by atoms with Crippen LogP contribution in [0.4, 0.5) is 4.39 Å². The van der Waals surface area contributed by atoms with E-state index >= 15 is 0 Å². The van der Waals surface area contributed by atoms with Crippen LogP contribution in [0.5, 0.6) is 5.75 Å². The van der Waals surface area contributed by atoms with Crippen molar-refractivity contribution >= 4 is 15.9 Å². The number of nitrogens with zero attached hydrogens (tertiary/aromatic N) is 1. The molecule has 1 aromatic carbocycles. The Morgan fingerprint density at radius 2 is 2.12 bits per heavy atom. The predicted octanol–water partition coefficient (Wildman–Crippen LogP) is 3.31. The Hall–Kier alpha value is -0.610. The van der Waals surface area contributed by atoms with Crippen LogP contribution >= 0.6 is 15.9 Å². The topological polar surface area (TPSA) is 12.5 Å². The van der Waals surface area contributed by atoms with Crippen LogP contribution in [0.1, 0.15) is 12.8 Å². The van der Waals surface area contributed by atoms with Crippen LogP contribution in [0.25, 0.3) is 0 Å². The molecule has 1 aliphatic rings. The van der Waals surface area contributed by atoms with E-state index in [0.717, 1.165) is 30.4 Å². The van der Waals surface area contributed by atoms with E-state index < -0.39 is 0 Å². The highest BCUT2D eigenvalue weighted by Gasteiger charge is 2.17. The lowest BCUT2D eigenvalue weighted by Gasteiger charge is -2.28. The van der Waals surface area contributed by atoms with Gasteiger partial charge in [0, 0.05) is 4.47 Å². The maximum Gasteiger partial charge on any atom is 0.166 e. The van der Waals surface area contributed by atoms with E-state index in [2.05, 4.69) is 27.9 Å². The van der Waals surface area contributed by atoms with Gasteiger partial charge >= 0.3 is 0 Å². The summed E-state index contributed by atoms with van der Waals surface area (Å²) in [6.45, 7) is 2.83. The van der Waals surface area contributed by atoms with Gasteiger partial charge in [-0.15, -0.1) is 0 Å². The highest BCUT2D eigenvalue weighted by molar-refractivity contribution is 9.10. The fraction of sp³-hybridized carbons (Fsp3) is 0.538. The Labute approximate surface area is 110 Å². The molecule has 0 N–H and O–H groups in total. The third-order valence-electron chi connectivity index (χ3n) is 3.21. The van der Waals surface area contributed by atoms with Gasteiger partial charge in [-0.1, -0.05) is 15.9 Å². The monoisotopic (exact) mass is 301 g/mol. The maximum absolute atomic E-state index is 13.5. The number of hydrogen-bond donors (Lipinski definition) is 0. The van der Waals surface area contributed by atoms with Gasteiger partial charge < -0.3 is 9.64 Å². The zero-order valence-corrected chi connectivity index (χ0v) is 11.5. The second-order valence-corrected chi connectivity index (χ2v) is 5.55. The molecule has 2 nitrogen and oxygen atoms in total. The highest BCUT2D eigenvalue weighted by Crippen LogP contribution is 2.23. The molecular formula is C13H17BrFNO. The minimum atomic E-state index is -0.299. The van der Waals surface area contributed by atoms with Gasteiger partial charge in [-0.3, -0.25) is 0 Å². The minimum absolute atomic E-state index is 0.299. The summed E-state index contributed by atoms with van der Waals surface area (Å²) >= 11 is 3.23. The van der Waals surface area contributed by atoms with E-state index in [1.54, 1.807) is 12.1 Å². The van der Waals surface area contributed by atoms with Gasteiger partial charge in [0.25, 0.3) is 0 Å². The first-order valence-corrected chi connectivity index (χ1v) is 6.71. The van der Waals surface area contributed by atoms with Crippen LogP contribution < -0.4 is 4.74 Å². The minimum Gasteiger partial charge on any atom is -0.490 e. The van der Waals surface area contributed by atoms with Crippen molar-refractivity contribution in [1.29, 1.82) is 0 Å². The molecule has 0 bridgehead atoms. The molecule has 0 atom stereocenters. The summed E-state index contributed by atoms with van der Waals surface area (Å²) in [6.07, 6.45) is 2.27. The SMILES string of the molecule is CN1CCC(COc2ccc(Br)cc2F)CC1. The molecule has 1 aliphatic heterocycles. The van der Waals surface area contributed by atoms with Gasteiger partial charge in [0.1, 0.15) is 0 Å². The zero-order valence-electron chi connectivity index (χ0n) is 9.96. The summed E-state index contributed by atoms with van der Waals surface area (Å²) < 4.78 is 19.8. The van der Waals surface area contributed by atoms with Gasteiger partial charge in [-0.05, 0) is 57.1 Å². The number of hydrogen-bond acceptors (Lipinski definition) is 2. The Morgan fingerprint density at radius 1 is 1.41 bits per heavy atom. The lowest BCUT2D eigenvalue weighted by molar-refractivity contribution is 0.157. The van der Waals surface area contributed by atoms with E-state index in [4.69, 9.17) is 4.74 Å². The molecule has 0 saturated carbocycles. The molecule has 17 heavy (non-hydrogen) atoms. The van der Waals surface area contributed by atoms with E-state index in [0.29, 0.717) is 18.3 Å². The first-order chi connectivity index (χ1) is 8.15. The van der Waals surface area contributed by atoms with Crippen molar-refractivity contribution in [2.24, 2.45) is 5.92 Å². The van der Waals surface area contributed by atoms with E-state index in [1.807, 2.05) is 0 Å². The first-order valence-electron chi connectivity index (χ1n) is 5.91. The molecule has 1 aromatic rings. The number of halogens is 2.